The molecule has 1 rings (SSSR count). The maximum absolute atomic E-state index is 13.7. The fraction of sp³-hybridized carbons (Fsp3) is 0.0667. The van der Waals surface area contributed by atoms with Crippen LogP contribution in [0.1, 0.15) is 6.92 Å². The molecule has 0 aliphatic rings. The molecule has 5 nitrogen and oxygen atoms in total. The average molecular weight is 310 g/mol. The summed E-state index contributed by atoms with van der Waals surface area (Å²) in [6.07, 6.45) is 2.49. The van der Waals surface area contributed by atoms with Crippen molar-refractivity contribution in [2.75, 3.05) is 0 Å². The lowest BCUT2D eigenvalue weighted by Crippen LogP contribution is -2.06. The molecule has 116 valence electrons. The Morgan fingerprint density at radius 2 is 1.73 bits per heavy atom. The summed E-state index contributed by atoms with van der Waals surface area (Å²) in [5.74, 6) is -5.49. The zero-order chi connectivity index (χ0) is 16.7. The first-order chi connectivity index (χ1) is 10.4. The van der Waals surface area contributed by atoms with Crippen molar-refractivity contribution in [1.82, 2.24) is 0 Å². The highest BCUT2D eigenvalue weighted by molar-refractivity contribution is 5.87. The van der Waals surface area contributed by atoms with Gasteiger partial charge < -0.3 is 14.2 Å². The first-order valence-electron chi connectivity index (χ1n) is 5.87. The van der Waals surface area contributed by atoms with E-state index in [-0.39, 0.29) is 5.57 Å². The van der Waals surface area contributed by atoms with Crippen LogP contribution < -0.4 is 9.47 Å². The van der Waals surface area contributed by atoms with Crippen LogP contribution >= 0.6 is 0 Å². The van der Waals surface area contributed by atoms with Gasteiger partial charge in [-0.25, -0.2) is 9.59 Å². The van der Waals surface area contributed by atoms with Crippen molar-refractivity contribution in [3.63, 3.8) is 0 Å². The summed E-state index contributed by atoms with van der Waals surface area (Å²) in [5, 5.41) is 0. The molecule has 0 spiro atoms. The lowest BCUT2D eigenvalue weighted by molar-refractivity contribution is -0.133. The van der Waals surface area contributed by atoms with Crippen molar-refractivity contribution in [3.05, 3.63) is 61.1 Å². The Hall–Kier alpha value is -2.96. The predicted molar refractivity (Wildman–Crippen MR) is 72.9 cm³/mol. The maximum Gasteiger partial charge on any atom is 0.338 e. The Morgan fingerprint density at radius 3 is 2.32 bits per heavy atom. The molecule has 0 amide bonds. The molecule has 0 aliphatic carbocycles. The van der Waals surface area contributed by atoms with Crippen LogP contribution in [0.5, 0.6) is 11.5 Å². The minimum atomic E-state index is -1.40. The molecule has 22 heavy (non-hydrogen) atoms. The van der Waals surface area contributed by atoms with E-state index in [1.54, 1.807) is 0 Å². The van der Waals surface area contributed by atoms with Gasteiger partial charge in [0.2, 0.25) is 11.6 Å². The van der Waals surface area contributed by atoms with Crippen molar-refractivity contribution >= 4 is 11.9 Å². The summed E-state index contributed by atoms with van der Waals surface area (Å²) in [6.45, 7) is 7.92. The van der Waals surface area contributed by atoms with Crippen LogP contribution in [0, 0.1) is 11.6 Å². The lowest BCUT2D eigenvalue weighted by Gasteiger charge is -2.07. The number of ether oxygens (including phenoxy) is 3. The molecule has 0 atom stereocenters. The molecule has 0 aliphatic heterocycles. The van der Waals surface area contributed by atoms with Crippen LogP contribution in [0.15, 0.2) is 49.5 Å². The van der Waals surface area contributed by atoms with Crippen LogP contribution in [0.3, 0.4) is 0 Å². The second-order valence-electron chi connectivity index (χ2n) is 3.89. The Kier molecular flexibility index (Phi) is 6.00. The molecule has 0 heterocycles. The molecule has 1 aromatic rings. The molecule has 1 aromatic carbocycles. The number of benzene rings is 1. The average Bonchev–Trinajstić information content (AvgIpc) is 2.49. The minimum absolute atomic E-state index is 0.162. The van der Waals surface area contributed by atoms with Crippen LogP contribution in [-0.4, -0.2) is 11.9 Å². The Labute approximate surface area is 125 Å². The van der Waals surface area contributed by atoms with Gasteiger partial charge in [0, 0.05) is 11.6 Å². The van der Waals surface area contributed by atoms with Gasteiger partial charge in [-0.2, -0.15) is 8.78 Å². The van der Waals surface area contributed by atoms with Gasteiger partial charge in [-0.15, -0.1) is 0 Å². The first-order valence-corrected chi connectivity index (χ1v) is 5.87. The van der Waals surface area contributed by atoms with E-state index in [0.29, 0.717) is 0 Å². The van der Waals surface area contributed by atoms with Gasteiger partial charge in [0.25, 0.3) is 0 Å². The van der Waals surface area contributed by atoms with Crippen LogP contribution in [0.2, 0.25) is 0 Å². The number of carbonyl (C=O) groups is 2. The third-order valence-electron chi connectivity index (χ3n) is 2.16. The number of esters is 2. The smallest absolute Gasteiger partial charge is 0.338 e. The van der Waals surface area contributed by atoms with Gasteiger partial charge >= 0.3 is 11.9 Å². The molecule has 0 N–H and O–H groups in total. The third kappa shape index (κ3) is 4.55. The van der Waals surface area contributed by atoms with E-state index in [1.165, 1.54) is 6.92 Å². The monoisotopic (exact) mass is 310 g/mol. The third-order valence-corrected chi connectivity index (χ3v) is 2.16. The van der Waals surface area contributed by atoms with Gasteiger partial charge in [-0.3, -0.25) is 0 Å². The van der Waals surface area contributed by atoms with Crippen molar-refractivity contribution in [3.8, 4) is 11.5 Å². The van der Waals surface area contributed by atoms with E-state index in [2.05, 4.69) is 22.6 Å². The fourth-order valence-electron chi connectivity index (χ4n) is 1.13. The molecule has 0 saturated carbocycles. The predicted octanol–water partition coefficient (Wildman–Crippen LogP) is 3.03. The number of hydrogen-bond acceptors (Lipinski definition) is 5. The van der Waals surface area contributed by atoms with Crippen LogP contribution in [0.4, 0.5) is 8.78 Å². The molecule has 0 unspecified atom stereocenters. The van der Waals surface area contributed by atoms with Crippen LogP contribution in [-0.2, 0) is 14.3 Å². The van der Waals surface area contributed by atoms with Gasteiger partial charge in [0.1, 0.15) is 12.5 Å². The number of carbonyl (C=O) groups excluding carboxylic acids is 2. The van der Waals surface area contributed by atoms with Crippen molar-refractivity contribution in [2.45, 2.75) is 6.92 Å². The van der Waals surface area contributed by atoms with E-state index in [0.717, 1.165) is 30.7 Å². The molecule has 0 saturated heterocycles. The molecule has 0 bridgehead atoms. The summed E-state index contributed by atoms with van der Waals surface area (Å²) in [4.78, 5) is 22.0. The highest BCUT2D eigenvalue weighted by Gasteiger charge is 2.16. The zero-order valence-electron chi connectivity index (χ0n) is 11.6. The Bertz CT molecular complexity index is 650. The Morgan fingerprint density at radius 1 is 1.14 bits per heavy atom. The topological polar surface area (TPSA) is 61.8 Å². The van der Waals surface area contributed by atoms with E-state index >= 15 is 0 Å². The van der Waals surface area contributed by atoms with Gasteiger partial charge in [0.05, 0.1) is 0 Å². The summed E-state index contributed by atoms with van der Waals surface area (Å²) < 4.78 is 41.1. The second kappa shape index (κ2) is 7.72. The van der Waals surface area contributed by atoms with Gasteiger partial charge in [-0.05, 0) is 19.1 Å². The molecule has 0 radical (unpaired) electrons. The highest BCUT2D eigenvalue weighted by atomic mass is 19.2. The van der Waals surface area contributed by atoms with Crippen molar-refractivity contribution in [1.29, 1.82) is 0 Å². The quantitative estimate of drug-likeness (QED) is 0.350. The molecule has 0 fully saturated rings. The van der Waals surface area contributed by atoms with E-state index in [4.69, 9.17) is 4.74 Å². The number of halogens is 2. The minimum Gasteiger partial charge on any atom is -0.459 e. The molecule has 0 aromatic heterocycles. The van der Waals surface area contributed by atoms with Crippen molar-refractivity contribution < 1.29 is 32.6 Å². The molecule has 7 heteroatoms. The van der Waals surface area contributed by atoms with E-state index < -0.39 is 35.1 Å². The van der Waals surface area contributed by atoms with Crippen molar-refractivity contribution in [2.24, 2.45) is 0 Å². The number of hydrogen-bond donors (Lipinski definition) is 0. The van der Waals surface area contributed by atoms with E-state index in [1.807, 2.05) is 0 Å². The lowest BCUT2D eigenvalue weighted by atomic mass is 10.3. The second-order valence-corrected chi connectivity index (χ2v) is 3.89. The fourth-order valence-corrected chi connectivity index (χ4v) is 1.13. The largest absolute Gasteiger partial charge is 0.459 e. The zero-order valence-corrected chi connectivity index (χ0v) is 11.6. The standard InChI is InChI=1S/C15H12F2O5/c1-4-12(18)22-11-6-5-10(13(16)14(11)17)20-7-8-21-15(19)9(2)3/h4-8H,1-2H2,3H3/b8-7-. The molecular weight excluding hydrogens is 298 g/mol. The van der Waals surface area contributed by atoms with Gasteiger partial charge in [0.15, 0.2) is 11.5 Å². The van der Waals surface area contributed by atoms with Gasteiger partial charge in [-0.1, -0.05) is 13.2 Å². The Balaban J connectivity index is 2.77. The SMILES string of the molecule is C=CC(=O)Oc1ccc(O/C=C\OC(=O)C(=C)C)c(F)c1F. The summed E-state index contributed by atoms with van der Waals surface area (Å²) in [7, 11) is 0. The van der Waals surface area contributed by atoms with Crippen LogP contribution in [0.25, 0.3) is 0 Å². The highest BCUT2D eigenvalue weighted by Crippen LogP contribution is 2.27. The normalized spacial score (nSPS) is 10.1. The maximum atomic E-state index is 13.7. The van der Waals surface area contributed by atoms with E-state index in [9.17, 15) is 18.4 Å². The number of rotatable bonds is 6. The summed E-state index contributed by atoms with van der Waals surface area (Å²) in [5.41, 5.74) is 0.162. The summed E-state index contributed by atoms with van der Waals surface area (Å²) in [6, 6.07) is 2.04. The summed E-state index contributed by atoms with van der Waals surface area (Å²) >= 11 is 0. The first kappa shape index (κ1) is 17.1. The molecular formula is C15H12F2O5.